The van der Waals surface area contributed by atoms with Crippen LogP contribution in [-0.2, 0) is 14.8 Å². The molecule has 152 valence electrons. The molecule has 0 radical (unpaired) electrons. The van der Waals surface area contributed by atoms with Gasteiger partial charge in [0.25, 0.3) is 0 Å². The zero-order valence-corrected chi connectivity index (χ0v) is 16.2. The lowest BCUT2D eigenvalue weighted by Crippen LogP contribution is -2.41. The van der Waals surface area contributed by atoms with Gasteiger partial charge in [-0.3, -0.25) is 4.79 Å². The van der Waals surface area contributed by atoms with Gasteiger partial charge in [0.05, 0.1) is 23.2 Å². The number of hydrogen-bond donors (Lipinski definition) is 2. The molecule has 0 fully saturated rings. The van der Waals surface area contributed by atoms with E-state index in [4.69, 9.17) is 4.74 Å². The van der Waals surface area contributed by atoms with Gasteiger partial charge in [0, 0.05) is 0 Å². The first-order valence-corrected chi connectivity index (χ1v) is 9.75. The maximum absolute atomic E-state index is 13.7. The van der Waals surface area contributed by atoms with Gasteiger partial charge in [0.2, 0.25) is 15.9 Å². The van der Waals surface area contributed by atoms with Crippen LogP contribution in [0.1, 0.15) is 19.4 Å². The van der Waals surface area contributed by atoms with Crippen molar-refractivity contribution >= 4 is 21.6 Å². The molecule has 10 heteroatoms. The van der Waals surface area contributed by atoms with Gasteiger partial charge < -0.3 is 10.1 Å². The van der Waals surface area contributed by atoms with Gasteiger partial charge in [-0.1, -0.05) is 0 Å². The summed E-state index contributed by atoms with van der Waals surface area (Å²) in [7, 11) is -4.07. The summed E-state index contributed by atoms with van der Waals surface area (Å²) in [6.45, 7) is 5.11. The van der Waals surface area contributed by atoms with Crippen LogP contribution in [0.15, 0.2) is 35.2 Å². The molecule has 6 nitrogen and oxygen atoms in total. The third-order valence-electron chi connectivity index (χ3n) is 3.77. The zero-order valence-electron chi connectivity index (χ0n) is 15.3. The van der Waals surface area contributed by atoms with Crippen LogP contribution in [-0.4, -0.2) is 27.0 Å². The van der Waals surface area contributed by atoms with E-state index in [1.54, 1.807) is 13.8 Å². The van der Waals surface area contributed by atoms with Gasteiger partial charge in [-0.25, -0.2) is 21.6 Å². The highest BCUT2D eigenvalue weighted by Gasteiger charge is 2.24. The number of carbonyl (C=O) groups is 1. The summed E-state index contributed by atoms with van der Waals surface area (Å²) < 4.78 is 72.3. The predicted octanol–water partition coefficient (Wildman–Crippen LogP) is 3.12. The van der Waals surface area contributed by atoms with Crippen LogP contribution in [0.25, 0.3) is 0 Å². The Bertz CT molecular complexity index is 997. The molecule has 0 aliphatic heterocycles. The third kappa shape index (κ3) is 4.82. The minimum atomic E-state index is -4.07. The highest BCUT2D eigenvalue weighted by atomic mass is 32.2. The number of benzene rings is 2. The molecule has 0 aliphatic carbocycles. The van der Waals surface area contributed by atoms with Crippen molar-refractivity contribution in [3.8, 4) is 5.75 Å². The fraction of sp³-hybridized carbons (Fsp3) is 0.278. The van der Waals surface area contributed by atoms with E-state index in [1.807, 2.05) is 5.32 Å². The van der Waals surface area contributed by atoms with Gasteiger partial charge in [-0.05, 0) is 56.7 Å². The number of rotatable bonds is 7. The second-order valence-electron chi connectivity index (χ2n) is 5.92. The van der Waals surface area contributed by atoms with E-state index < -0.39 is 45.1 Å². The molecule has 2 rings (SSSR count). The Hall–Kier alpha value is -2.59. The Balaban J connectivity index is 2.14. The van der Waals surface area contributed by atoms with E-state index in [1.165, 1.54) is 25.1 Å². The summed E-state index contributed by atoms with van der Waals surface area (Å²) in [5, 5.41) is 2.02. The number of nitrogens with one attached hydrogen (secondary N) is 2. The van der Waals surface area contributed by atoms with Crippen molar-refractivity contribution in [2.45, 2.75) is 31.7 Å². The molecule has 0 saturated carbocycles. The molecule has 2 N–H and O–H groups in total. The number of ether oxygens (including phenoxy) is 1. The number of aryl methyl sites for hydroxylation is 1. The van der Waals surface area contributed by atoms with E-state index in [2.05, 4.69) is 4.72 Å². The number of carbonyl (C=O) groups excluding carboxylic acids is 1. The van der Waals surface area contributed by atoms with E-state index >= 15 is 0 Å². The van der Waals surface area contributed by atoms with E-state index in [-0.39, 0.29) is 4.90 Å². The lowest BCUT2D eigenvalue weighted by molar-refractivity contribution is -0.117. The molecule has 1 atom stereocenters. The highest BCUT2D eigenvalue weighted by molar-refractivity contribution is 7.89. The minimum Gasteiger partial charge on any atom is -0.494 e. The number of anilines is 1. The monoisotopic (exact) mass is 416 g/mol. The number of halogens is 3. The molecule has 0 saturated heterocycles. The van der Waals surface area contributed by atoms with E-state index in [0.717, 1.165) is 6.07 Å². The maximum Gasteiger partial charge on any atom is 0.242 e. The van der Waals surface area contributed by atoms with E-state index in [0.29, 0.717) is 24.0 Å². The quantitative estimate of drug-likeness (QED) is 0.680. The smallest absolute Gasteiger partial charge is 0.242 e. The molecule has 0 unspecified atom stereocenters. The average Bonchev–Trinajstić information content (AvgIpc) is 2.63. The van der Waals surface area contributed by atoms with Gasteiger partial charge >= 0.3 is 0 Å². The third-order valence-corrected chi connectivity index (χ3v) is 5.31. The molecule has 2 aromatic rings. The van der Waals surface area contributed by atoms with E-state index in [9.17, 15) is 26.4 Å². The molecule has 2 aromatic carbocycles. The topological polar surface area (TPSA) is 84.5 Å². The van der Waals surface area contributed by atoms with Crippen molar-refractivity contribution in [1.82, 2.24) is 4.72 Å². The van der Waals surface area contributed by atoms with Crippen molar-refractivity contribution in [2.24, 2.45) is 0 Å². The van der Waals surface area contributed by atoms with Gasteiger partial charge in [-0.2, -0.15) is 4.72 Å². The Morgan fingerprint density at radius 3 is 2.43 bits per heavy atom. The summed E-state index contributed by atoms with van der Waals surface area (Å²) in [6.07, 6.45) is 0. The SMILES string of the molecule is CCOc1ccc(S(=O)(=O)N[C@H](C)C(=O)Nc2ccc(F)c(F)c2F)cc1C. The zero-order chi connectivity index (χ0) is 21.1. The van der Waals surface area contributed by atoms with Gasteiger partial charge in [-0.15, -0.1) is 0 Å². The van der Waals surface area contributed by atoms with Crippen LogP contribution in [0, 0.1) is 24.4 Å². The molecular formula is C18H19F3N2O4S. The fourth-order valence-corrected chi connectivity index (χ4v) is 3.61. The number of hydrogen-bond acceptors (Lipinski definition) is 4. The van der Waals surface area contributed by atoms with Crippen LogP contribution >= 0.6 is 0 Å². The minimum absolute atomic E-state index is 0.0906. The summed E-state index contributed by atoms with van der Waals surface area (Å²) in [5.41, 5.74) is -0.0162. The lowest BCUT2D eigenvalue weighted by Gasteiger charge is -2.16. The van der Waals surface area contributed by atoms with Crippen LogP contribution < -0.4 is 14.8 Å². The van der Waals surface area contributed by atoms with Crippen molar-refractivity contribution in [3.63, 3.8) is 0 Å². The largest absolute Gasteiger partial charge is 0.494 e. The second-order valence-corrected chi connectivity index (χ2v) is 7.63. The van der Waals surface area contributed by atoms with Crippen molar-refractivity contribution in [1.29, 1.82) is 0 Å². The van der Waals surface area contributed by atoms with Gasteiger partial charge in [0.1, 0.15) is 5.75 Å². The van der Waals surface area contributed by atoms with Crippen molar-refractivity contribution in [3.05, 3.63) is 53.3 Å². The van der Waals surface area contributed by atoms with Crippen LogP contribution in [0.3, 0.4) is 0 Å². The van der Waals surface area contributed by atoms with Crippen LogP contribution in [0.2, 0.25) is 0 Å². The second kappa shape index (κ2) is 8.61. The first kappa shape index (κ1) is 21.7. The Kier molecular flexibility index (Phi) is 6.68. The summed E-state index contributed by atoms with van der Waals surface area (Å²) in [5.74, 6) is -5.14. The highest BCUT2D eigenvalue weighted by Crippen LogP contribution is 2.22. The van der Waals surface area contributed by atoms with Crippen molar-refractivity contribution in [2.75, 3.05) is 11.9 Å². The molecule has 28 heavy (non-hydrogen) atoms. The fourth-order valence-electron chi connectivity index (χ4n) is 2.32. The summed E-state index contributed by atoms with van der Waals surface area (Å²) in [6, 6.07) is 4.36. The van der Waals surface area contributed by atoms with Crippen molar-refractivity contribution < 1.29 is 31.1 Å². The predicted molar refractivity (Wildman–Crippen MR) is 97.1 cm³/mol. The molecule has 1 amide bonds. The van der Waals surface area contributed by atoms with Crippen LogP contribution in [0.5, 0.6) is 5.75 Å². The average molecular weight is 416 g/mol. The number of amides is 1. The standard InChI is InChI=1S/C18H19F3N2O4S/c1-4-27-15-8-5-12(9-10(15)2)28(25,26)23-11(3)18(24)22-14-7-6-13(19)16(20)17(14)21/h5-9,11,23H,4H2,1-3H3,(H,22,24)/t11-/m1/s1. The number of sulfonamides is 1. The van der Waals surface area contributed by atoms with Gasteiger partial charge in [0.15, 0.2) is 17.5 Å². The Labute approximate surface area is 160 Å². The maximum atomic E-state index is 13.7. The Morgan fingerprint density at radius 2 is 1.82 bits per heavy atom. The summed E-state index contributed by atoms with van der Waals surface area (Å²) in [4.78, 5) is 12.0. The lowest BCUT2D eigenvalue weighted by atomic mass is 10.2. The first-order valence-electron chi connectivity index (χ1n) is 8.27. The summed E-state index contributed by atoms with van der Waals surface area (Å²) >= 11 is 0. The molecule has 0 heterocycles. The Morgan fingerprint density at radius 1 is 1.14 bits per heavy atom. The molecular weight excluding hydrogens is 397 g/mol. The molecule has 0 spiro atoms. The molecule has 0 aliphatic rings. The normalized spacial score (nSPS) is 12.5. The van der Waals surface area contributed by atoms with Crippen LogP contribution in [0.4, 0.5) is 18.9 Å². The first-order chi connectivity index (χ1) is 13.1. The molecule has 0 aromatic heterocycles. The molecule has 0 bridgehead atoms.